The zero-order chi connectivity index (χ0) is 8.97. The molecule has 0 unspecified atom stereocenters. The number of nitriles is 2. The van der Waals surface area contributed by atoms with Crippen molar-refractivity contribution in [3.05, 3.63) is 34.9 Å². The van der Waals surface area contributed by atoms with E-state index in [-0.39, 0.29) is 0 Å². The van der Waals surface area contributed by atoms with Gasteiger partial charge in [-0.3, -0.25) is 0 Å². The average molecular weight is 221 g/mol. The second-order valence-corrected chi connectivity index (χ2v) is 2.75. The fourth-order valence-corrected chi connectivity index (χ4v) is 1.54. The fourth-order valence-electron chi connectivity index (χ4n) is 0.940. The maximum atomic E-state index is 8.69. The first-order valence-corrected chi connectivity index (χ1v) is 4.43. The SMILES string of the molecule is N#Cc1cccc(C#N)c1CBr. The summed E-state index contributed by atoms with van der Waals surface area (Å²) in [5.74, 6) is 0. The van der Waals surface area contributed by atoms with E-state index >= 15 is 0 Å². The zero-order valence-electron chi connectivity index (χ0n) is 6.21. The Morgan fingerprint density at radius 1 is 1.17 bits per heavy atom. The molecule has 2 nitrogen and oxygen atoms in total. The Morgan fingerprint density at radius 3 is 2.00 bits per heavy atom. The normalized spacial score (nSPS) is 8.58. The summed E-state index contributed by atoms with van der Waals surface area (Å²) < 4.78 is 0. The predicted molar refractivity (Wildman–Crippen MR) is 48.5 cm³/mol. The molecule has 0 saturated heterocycles. The molecule has 0 N–H and O–H groups in total. The first-order chi connectivity index (χ1) is 5.83. The maximum absolute atomic E-state index is 8.69. The molecule has 0 aliphatic heterocycles. The van der Waals surface area contributed by atoms with E-state index < -0.39 is 0 Å². The molecule has 0 aliphatic carbocycles. The van der Waals surface area contributed by atoms with Crippen molar-refractivity contribution in [2.45, 2.75) is 5.33 Å². The Bertz CT molecular complexity index is 339. The van der Waals surface area contributed by atoms with Gasteiger partial charge in [0.25, 0.3) is 0 Å². The molecule has 0 fully saturated rings. The molecule has 1 rings (SSSR count). The summed E-state index contributed by atoms with van der Waals surface area (Å²) in [6.45, 7) is 0. The molecule has 0 heterocycles. The van der Waals surface area contributed by atoms with Crippen molar-refractivity contribution in [3.8, 4) is 12.1 Å². The highest BCUT2D eigenvalue weighted by molar-refractivity contribution is 9.08. The molecule has 3 heteroatoms. The lowest BCUT2D eigenvalue weighted by Gasteiger charge is -2.00. The van der Waals surface area contributed by atoms with Crippen molar-refractivity contribution in [3.63, 3.8) is 0 Å². The van der Waals surface area contributed by atoms with Gasteiger partial charge in [-0.25, -0.2) is 0 Å². The van der Waals surface area contributed by atoms with Crippen LogP contribution in [0.4, 0.5) is 0 Å². The van der Waals surface area contributed by atoms with Gasteiger partial charge in [0.05, 0.1) is 23.3 Å². The smallest absolute Gasteiger partial charge is 0.0995 e. The van der Waals surface area contributed by atoms with Gasteiger partial charge < -0.3 is 0 Å². The molecule has 0 spiro atoms. The molecule has 12 heavy (non-hydrogen) atoms. The molecule has 0 bridgehead atoms. The summed E-state index contributed by atoms with van der Waals surface area (Å²) in [6, 6.07) is 9.20. The van der Waals surface area contributed by atoms with E-state index in [1.807, 2.05) is 12.1 Å². The van der Waals surface area contributed by atoms with Crippen LogP contribution in [-0.2, 0) is 5.33 Å². The van der Waals surface area contributed by atoms with Gasteiger partial charge in [-0.15, -0.1) is 0 Å². The van der Waals surface area contributed by atoms with Crippen molar-refractivity contribution in [1.82, 2.24) is 0 Å². The summed E-state index contributed by atoms with van der Waals surface area (Å²) in [4.78, 5) is 0. The Balaban J connectivity index is 3.37. The summed E-state index contributed by atoms with van der Waals surface area (Å²) in [5.41, 5.74) is 1.89. The van der Waals surface area contributed by atoms with Gasteiger partial charge in [0.1, 0.15) is 0 Å². The number of hydrogen-bond donors (Lipinski definition) is 0. The lowest BCUT2D eigenvalue weighted by Crippen LogP contribution is -1.90. The Labute approximate surface area is 79.2 Å². The zero-order valence-corrected chi connectivity index (χ0v) is 7.80. The molecule has 58 valence electrons. The van der Waals surface area contributed by atoms with Gasteiger partial charge in [0.2, 0.25) is 0 Å². The summed E-state index contributed by atoms with van der Waals surface area (Å²) in [6.07, 6.45) is 0. The van der Waals surface area contributed by atoms with Gasteiger partial charge in [-0.1, -0.05) is 22.0 Å². The van der Waals surface area contributed by atoms with Crippen LogP contribution < -0.4 is 0 Å². The third-order valence-electron chi connectivity index (χ3n) is 1.55. The number of halogens is 1. The van der Waals surface area contributed by atoms with Crippen LogP contribution >= 0.6 is 15.9 Å². The van der Waals surface area contributed by atoms with Crippen molar-refractivity contribution in [2.75, 3.05) is 0 Å². The second kappa shape index (κ2) is 3.90. The standard InChI is InChI=1S/C9H5BrN2/c10-4-9-7(5-11)2-1-3-8(9)6-12/h1-3H,4H2. The molecular formula is C9H5BrN2. The largest absolute Gasteiger partial charge is 0.192 e. The Kier molecular flexibility index (Phi) is 2.85. The molecule has 0 radical (unpaired) electrons. The quantitative estimate of drug-likeness (QED) is 0.683. The molecule has 0 aliphatic rings. The number of hydrogen-bond acceptors (Lipinski definition) is 2. The number of rotatable bonds is 1. The van der Waals surface area contributed by atoms with Gasteiger partial charge in [0, 0.05) is 5.33 Å². The maximum Gasteiger partial charge on any atom is 0.0995 e. The predicted octanol–water partition coefficient (Wildman–Crippen LogP) is 2.32. The van der Waals surface area contributed by atoms with Gasteiger partial charge in [-0.2, -0.15) is 10.5 Å². The Morgan fingerprint density at radius 2 is 1.67 bits per heavy atom. The molecular weight excluding hydrogens is 216 g/mol. The number of benzene rings is 1. The van der Waals surface area contributed by atoms with Crippen LogP contribution in [0.3, 0.4) is 0 Å². The van der Waals surface area contributed by atoms with E-state index in [0.29, 0.717) is 16.5 Å². The summed E-state index contributed by atoms with van der Waals surface area (Å²) >= 11 is 3.24. The van der Waals surface area contributed by atoms with Gasteiger partial charge >= 0.3 is 0 Å². The van der Waals surface area contributed by atoms with Crippen LogP contribution in [0.5, 0.6) is 0 Å². The molecule has 1 aromatic rings. The van der Waals surface area contributed by atoms with E-state index in [9.17, 15) is 0 Å². The third kappa shape index (κ3) is 1.47. The third-order valence-corrected chi connectivity index (χ3v) is 2.11. The minimum atomic E-state index is 0.541. The van der Waals surface area contributed by atoms with Crippen molar-refractivity contribution in [1.29, 1.82) is 10.5 Å². The highest BCUT2D eigenvalue weighted by Gasteiger charge is 2.04. The van der Waals surface area contributed by atoms with Crippen molar-refractivity contribution < 1.29 is 0 Å². The lowest BCUT2D eigenvalue weighted by atomic mass is 10.0. The second-order valence-electron chi connectivity index (χ2n) is 2.19. The monoisotopic (exact) mass is 220 g/mol. The van der Waals surface area contributed by atoms with Gasteiger partial charge in [-0.05, 0) is 17.7 Å². The molecule has 0 amide bonds. The summed E-state index contributed by atoms with van der Waals surface area (Å²) in [5, 5.41) is 17.9. The highest BCUT2D eigenvalue weighted by atomic mass is 79.9. The van der Waals surface area contributed by atoms with Crippen molar-refractivity contribution in [2.24, 2.45) is 0 Å². The fraction of sp³-hybridized carbons (Fsp3) is 0.111. The average Bonchev–Trinajstić information content (AvgIpc) is 2.16. The summed E-state index contributed by atoms with van der Waals surface area (Å²) in [7, 11) is 0. The van der Waals surface area contributed by atoms with Crippen LogP contribution in [-0.4, -0.2) is 0 Å². The minimum absolute atomic E-state index is 0.541. The van der Waals surface area contributed by atoms with Crippen molar-refractivity contribution >= 4 is 15.9 Å². The minimum Gasteiger partial charge on any atom is -0.192 e. The first-order valence-electron chi connectivity index (χ1n) is 3.31. The highest BCUT2D eigenvalue weighted by Crippen LogP contribution is 2.16. The van der Waals surface area contributed by atoms with E-state index in [4.69, 9.17) is 10.5 Å². The molecule has 0 saturated carbocycles. The van der Waals surface area contributed by atoms with E-state index in [2.05, 4.69) is 15.9 Å². The molecule has 1 aromatic carbocycles. The van der Waals surface area contributed by atoms with Crippen LogP contribution in [0.25, 0.3) is 0 Å². The molecule has 0 aromatic heterocycles. The topological polar surface area (TPSA) is 47.6 Å². The molecule has 0 atom stereocenters. The van der Waals surface area contributed by atoms with Crippen LogP contribution in [0.1, 0.15) is 16.7 Å². The number of alkyl halides is 1. The van der Waals surface area contributed by atoms with Gasteiger partial charge in [0.15, 0.2) is 0 Å². The van der Waals surface area contributed by atoms with Crippen LogP contribution in [0, 0.1) is 22.7 Å². The first kappa shape index (κ1) is 8.77. The van der Waals surface area contributed by atoms with Crippen LogP contribution in [0.15, 0.2) is 18.2 Å². The lowest BCUT2D eigenvalue weighted by molar-refractivity contribution is 1.33. The number of nitrogens with zero attached hydrogens (tertiary/aromatic N) is 2. The van der Waals surface area contributed by atoms with E-state index in [1.165, 1.54) is 0 Å². The van der Waals surface area contributed by atoms with E-state index in [0.717, 1.165) is 5.56 Å². The van der Waals surface area contributed by atoms with E-state index in [1.54, 1.807) is 18.2 Å². The van der Waals surface area contributed by atoms with Crippen LogP contribution in [0.2, 0.25) is 0 Å². The Hall–Kier alpha value is -1.32.